The van der Waals surface area contributed by atoms with Gasteiger partial charge in [-0.2, -0.15) is 8.42 Å². The fourth-order valence-electron chi connectivity index (χ4n) is 0.259. The molecular weight excluding hydrogens is 251 g/mol. The van der Waals surface area contributed by atoms with Gasteiger partial charge in [0.2, 0.25) is 0 Å². The Hall–Kier alpha value is 0.520. The van der Waals surface area contributed by atoms with Crippen LogP contribution in [-0.2, 0) is 8.26 Å². The van der Waals surface area contributed by atoms with Crippen LogP contribution in [0.15, 0.2) is 17.5 Å². The molecule has 7 heteroatoms. The van der Waals surface area contributed by atoms with Crippen molar-refractivity contribution < 1.29 is 8.42 Å². The minimum atomic E-state index is -3.72. The molecule has 11 heavy (non-hydrogen) atoms. The van der Waals surface area contributed by atoms with Crippen molar-refractivity contribution in [2.75, 3.05) is 0 Å². The molecule has 0 saturated carbocycles. The van der Waals surface area contributed by atoms with E-state index in [4.69, 9.17) is 20.0 Å². The van der Waals surface area contributed by atoms with Crippen LogP contribution in [-0.4, -0.2) is 8.42 Å². The van der Waals surface area contributed by atoms with E-state index in [1.165, 1.54) is 0 Å². The molecule has 1 aromatic heterocycles. The number of hydrogen-bond donors (Lipinski definition) is 0. The topological polar surface area (TPSA) is 34.1 Å². The molecule has 0 unspecified atom stereocenters. The first kappa shape index (κ1) is 11.5. The lowest BCUT2D eigenvalue weighted by molar-refractivity contribution is 0.621. The fourth-order valence-corrected chi connectivity index (χ4v) is 0.930. The maximum atomic E-state index is 9.16. The second-order valence-corrected chi connectivity index (χ2v) is 6.54. The summed E-state index contributed by atoms with van der Waals surface area (Å²) in [6.07, 6.45) is 0. The van der Waals surface area contributed by atoms with Gasteiger partial charge in [0.05, 0.1) is 4.34 Å². The number of halogens is 3. The van der Waals surface area contributed by atoms with Gasteiger partial charge < -0.3 is 0 Å². The minimum absolute atomic E-state index is 0.856. The first-order valence-electron chi connectivity index (χ1n) is 2.23. The molecule has 2 nitrogen and oxygen atoms in total. The first-order valence-corrected chi connectivity index (χ1v) is 6.62. The van der Waals surface area contributed by atoms with Crippen LogP contribution < -0.4 is 0 Å². The zero-order valence-electron chi connectivity index (χ0n) is 5.00. The summed E-state index contributed by atoms with van der Waals surface area (Å²) in [5, 5.41) is 1.95. The van der Waals surface area contributed by atoms with E-state index in [9.17, 15) is 0 Å². The number of rotatable bonds is 0. The summed E-state index contributed by atoms with van der Waals surface area (Å²) in [4.78, 5) is 0. The van der Waals surface area contributed by atoms with E-state index >= 15 is 0 Å². The van der Waals surface area contributed by atoms with Crippen molar-refractivity contribution in [3.05, 3.63) is 21.8 Å². The van der Waals surface area contributed by atoms with Crippen LogP contribution in [0, 0.1) is 0 Å². The Morgan fingerprint density at radius 2 is 1.82 bits per heavy atom. The van der Waals surface area contributed by atoms with Crippen LogP contribution in [0.1, 0.15) is 0 Å². The van der Waals surface area contributed by atoms with Gasteiger partial charge in [-0.15, -0.1) is 11.3 Å². The molecule has 0 atom stereocenters. The zero-order valence-corrected chi connectivity index (χ0v) is 8.90. The highest BCUT2D eigenvalue weighted by Gasteiger charge is 1.88. The van der Waals surface area contributed by atoms with Crippen LogP contribution in [0.2, 0.25) is 4.34 Å². The maximum absolute atomic E-state index is 9.16. The normalized spacial score (nSPS) is 10.1. The van der Waals surface area contributed by atoms with Gasteiger partial charge >= 0.3 is 8.26 Å². The largest absolute Gasteiger partial charge is 0.317 e. The summed E-state index contributed by atoms with van der Waals surface area (Å²) in [7, 11) is 4.81. The molecule has 0 aromatic carbocycles. The van der Waals surface area contributed by atoms with Gasteiger partial charge in [-0.1, -0.05) is 11.6 Å². The van der Waals surface area contributed by atoms with Crippen molar-refractivity contribution >= 4 is 52.6 Å². The summed E-state index contributed by atoms with van der Waals surface area (Å²) in [6, 6.07) is 3.79. The Bertz CT molecular complexity index is 270. The van der Waals surface area contributed by atoms with E-state index in [-0.39, 0.29) is 0 Å². The second-order valence-electron chi connectivity index (χ2n) is 1.30. The molecule has 1 rings (SSSR count). The first-order chi connectivity index (χ1) is 4.89. The molecule has 0 bridgehead atoms. The van der Waals surface area contributed by atoms with E-state index in [2.05, 4.69) is 21.4 Å². The Balaban J connectivity index is 0.000000187. The molecule has 1 heterocycles. The third-order valence-corrected chi connectivity index (χ3v) is 1.53. The summed E-state index contributed by atoms with van der Waals surface area (Å²) in [5.74, 6) is 0. The molecule has 64 valence electrons. The Morgan fingerprint density at radius 3 is 1.91 bits per heavy atom. The van der Waals surface area contributed by atoms with Gasteiger partial charge in [0, 0.05) is 21.4 Å². The molecular formula is C4H3Cl3O2S2. The quantitative estimate of drug-likeness (QED) is 0.666. The molecule has 0 fully saturated rings. The summed E-state index contributed by atoms with van der Waals surface area (Å²) in [5.41, 5.74) is 0. The van der Waals surface area contributed by atoms with E-state index < -0.39 is 8.26 Å². The van der Waals surface area contributed by atoms with Gasteiger partial charge in [-0.05, 0) is 17.5 Å². The highest BCUT2D eigenvalue weighted by molar-refractivity contribution is 8.31. The molecule has 0 radical (unpaired) electrons. The third-order valence-electron chi connectivity index (χ3n) is 0.486. The molecule has 1 aromatic rings. The Labute approximate surface area is 82.6 Å². The van der Waals surface area contributed by atoms with Crippen LogP contribution >= 0.6 is 44.3 Å². The van der Waals surface area contributed by atoms with Gasteiger partial charge in [-0.3, -0.25) is 0 Å². The Morgan fingerprint density at radius 1 is 1.36 bits per heavy atom. The predicted molar refractivity (Wildman–Crippen MR) is 50.0 cm³/mol. The minimum Gasteiger partial charge on any atom is -0.195 e. The fraction of sp³-hybridized carbons (Fsp3) is 0. The monoisotopic (exact) mass is 252 g/mol. The van der Waals surface area contributed by atoms with Gasteiger partial charge in [0.25, 0.3) is 0 Å². The molecule has 0 N–H and O–H groups in total. The lowest BCUT2D eigenvalue weighted by Gasteiger charge is -1.62. The van der Waals surface area contributed by atoms with E-state index in [0.717, 1.165) is 4.34 Å². The van der Waals surface area contributed by atoms with Gasteiger partial charge in [-0.25, -0.2) is 0 Å². The van der Waals surface area contributed by atoms with Crippen LogP contribution in [0.3, 0.4) is 0 Å². The van der Waals surface area contributed by atoms with Crippen molar-refractivity contribution in [3.63, 3.8) is 0 Å². The van der Waals surface area contributed by atoms with E-state index in [1.807, 2.05) is 17.5 Å². The van der Waals surface area contributed by atoms with Crippen molar-refractivity contribution in [2.45, 2.75) is 0 Å². The lowest BCUT2D eigenvalue weighted by atomic mass is 10.7. The van der Waals surface area contributed by atoms with Crippen molar-refractivity contribution in [1.82, 2.24) is 0 Å². The zero-order chi connectivity index (χ0) is 8.91. The van der Waals surface area contributed by atoms with Crippen LogP contribution in [0.5, 0.6) is 0 Å². The second kappa shape index (κ2) is 5.22. The molecule has 0 saturated heterocycles. The van der Waals surface area contributed by atoms with E-state index in [1.54, 1.807) is 11.3 Å². The Kier molecular flexibility index (Phi) is 5.46. The average Bonchev–Trinajstić information content (AvgIpc) is 2.12. The van der Waals surface area contributed by atoms with Crippen molar-refractivity contribution in [1.29, 1.82) is 0 Å². The molecule has 0 aliphatic heterocycles. The van der Waals surface area contributed by atoms with Crippen LogP contribution in [0.4, 0.5) is 0 Å². The molecule has 0 amide bonds. The summed E-state index contributed by atoms with van der Waals surface area (Å²) >= 11 is 7.02. The highest BCUT2D eigenvalue weighted by Crippen LogP contribution is 2.13. The lowest BCUT2D eigenvalue weighted by Crippen LogP contribution is -1.63. The average molecular weight is 254 g/mol. The van der Waals surface area contributed by atoms with Crippen LogP contribution in [0.25, 0.3) is 0 Å². The van der Waals surface area contributed by atoms with Gasteiger partial charge in [0.15, 0.2) is 0 Å². The highest BCUT2D eigenvalue weighted by atomic mass is 36.0. The van der Waals surface area contributed by atoms with Crippen molar-refractivity contribution in [3.8, 4) is 0 Å². The third kappa shape index (κ3) is 13.5. The number of thiophene rings is 1. The summed E-state index contributed by atoms with van der Waals surface area (Å²) < 4.78 is 19.2. The van der Waals surface area contributed by atoms with Gasteiger partial charge in [0.1, 0.15) is 0 Å². The predicted octanol–water partition coefficient (Wildman–Crippen LogP) is 3.11. The SMILES string of the molecule is Clc1cccs1.O=S(=O)(Cl)Cl. The van der Waals surface area contributed by atoms with E-state index in [0.29, 0.717) is 0 Å². The number of hydrogen-bond acceptors (Lipinski definition) is 3. The smallest absolute Gasteiger partial charge is 0.195 e. The summed E-state index contributed by atoms with van der Waals surface area (Å²) in [6.45, 7) is 0. The molecule has 0 spiro atoms. The maximum Gasteiger partial charge on any atom is 0.317 e. The van der Waals surface area contributed by atoms with Crippen molar-refractivity contribution in [2.24, 2.45) is 0 Å². The molecule has 0 aliphatic rings. The molecule has 0 aliphatic carbocycles. The standard InChI is InChI=1S/C4H3ClS.Cl2O2S/c5-4-2-1-3-6-4;1-5(2,3)4/h1-3H;.